The number of rotatable bonds is 7. The van der Waals surface area contributed by atoms with Gasteiger partial charge in [0, 0.05) is 16.9 Å². The van der Waals surface area contributed by atoms with E-state index in [4.69, 9.17) is 14.8 Å². The monoisotopic (exact) mass is 411 g/mol. The Morgan fingerprint density at radius 1 is 1.28 bits per heavy atom. The van der Waals surface area contributed by atoms with Gasteiger partial charge in [0.2, 0.25) is 0 Å². The Hall–Kier alpha value is -2.73. The van der Waals surface area contributed by atoms with Crippen LogP contribution in [-0.4, -0.2) is 22.7 Å². The summed E-state index contributed by atoms with van der Waals surface area (Å²) in [5.41, 5.74) is 4.24. The third-order valence-corrected chi connectivity index (χ3v) is 6.39. The summed E-state index contributed by atoms with van der Waals surface area (Å²) in [6.45, 7) is 2.56. The molecule has 0 bridgehead atoms. The Morgan fingerprint density at radius 3 is 2.83 bits per heavy atom. The van der Waals surface area contributed by atoms with E-state index >= 15 is 0 Å². The SMILES string of the molecule is Cc1sc(-c2ccc(F)cc2)nc1CCOc1ccc2c(c1)CC[C@H]2CC(=O)O. The third-order valence-electron chi connectivity index (χ3n) is 5.33. The molecule has 1 atom stereocenters. The first-order valence-electron chi connectivity index (χ1n) is 9.69. The maximum Gasteiger partial charge on any atom is 0.303 e. The van der Waals surface area contributed by atoms with Gasteiger partial charge in [-0.25, -0.2) is 9.37 Å². The van der Waals surface area contributed by atoms with Crippen molar-refractivity contribution in [3.05, 3.63) is 70.0 Å². The Balaban J connectivity index is 1.37. The van der Waals surface area contributed by atoms with E-state index in [0.717, 1.165) is 45.3 Å². The molecule has 0 radical (unpaired) electrons. The van der Waals surface area contributed by atoms with E-state index in [-0.39, 0.29) is 18.2 Å². The lowest BCUT2D eigenvalue weighted by molar-refractivity contribution is -0.137. The van der Waals surface area contributed by atoms with Gasteiger partial charge in [-0.15, -0.1) is 11.3 Å². The molecule has 1 aliphatic rings. The number of hydrogen-bond donors (Lipinski definition) is 1. The van der Waals surface area contributed by atoms with Gasteiger partial charge in [-0.2, -0.15) is 0 Å². The fourth-order valence-corrected chi connectivity index (χ4v) is 4.80. The van der Waals surface area contributed by atoms with Crippen LogP contribution in [0.5, 0.6) is 5.75 Å². The second-order valence-electron chi connectivity index (χ2n) is 7.32. The fourth-order valence-electron chi connectivity index (χ4n) is 3.84. The topological polar surface area (TPSA) is 59.4 Å². The van der Waals surface area contributed by atoms with E-state index < -0.39 is 5.97 Å². The smallest absolute Gasteiger partial charge is 0.303 e. The maximum atomic E-state index is 13.1. The van der Waals surface area contributed by atoms with Crippen LogP contribution in [0, 0.1) is 12.7 Å². The van der Waals surface area contributed by atoms with Gasteiger partial charge in [-0.3, -0.25) is 4.79 Å². The second-order valence-corrected chi connectivity index (χ2v) is 8.52. The van der Waals surface area contributed by atoms with E-state index in [9.17, 15) is 9.18 Å². The standard InChI is InChI=1S/C23H22FNO3S/c1-14-21(25-23(29-14)15-4-6-18(24)7-5-15)10-11-28-19-8-9-20-16(12-19)2-3-17(20)13-22(26)27/h4-9,12,17H,2-3,10-11,13H2,1H3,(H,26,27)/t17-/m0/s1. The van der Waals surface area contributed by atoms with Crippen LogP contribution in [0.1, 0.15) is 40.5 Å². The first kappa shape index (κ1) is 19.6. The lowest BCUT2D eigenvalue weighted by Crippen LogP contribution is -2.04. The highest BCUT2D eigenvalue weighted by atomic mass is 32.1. The molecule has 2 aromatic carbocycles. The zero-order valence-electron chi connectivity index (χ0n) is 16.2. The Labute approximate surface area is 173 Å². The van der Waals surface area contributed by atoms with E-state index in [1.807, 2.05) is 25.1 Å². The predicted molar refractivity (Wildman–Crippen MR) is 111 cm³/mol. The molecule has 4 rings (SSSR count). The first-order chi connectivity index (χ1) is 14.0. The van der Waals surface area contributed by atoms with Crippen LogP contribution in [0.15, 0.2) is 42.5 Å². The molecule has 0 saturated heterocycles. The van der Waals surface area contributed by atoms with Gasteiger partial charge in [-0.1, -0.05) is 6.07 Å². The number of nitrogens with zero attached hydrogens (tertiary/aromatic N) is 1. The van der Waals surface area contributed by atoms with Crippen molar-refractivity contribution in [1.82, 2.24) is 4.98 Å². The lowest BCUT2D eigenvalue weighted by atomic mass is 9.98. The van der Waals surface area contributed by atoms with Crippen molar-refractivity contribution in [3.63, 3.8) is 0 Å². The van der Waals surface area contributed by atoms with Gasteiger partial charge in [0.25, 0.3) is 0 Å². The molecule has 150 valence electrons. The Bertz CT molecular complexity index is 1030. The van der Waals surface area contributed by atoms with Gasteiger partial charge in [0.1, 0.15) is 16.6 Å². The number of thiazole rings is 1. The largest absolute Gasteiger partial charge is 0.493 e. The van der Waals surface area contributed by atoms with E-state index in [1.165, 1.54) is 17.7 Å². The number of carboxylic acids is 1. The molecule has 3 aromatic rings. The van der Waals surface area contributed by atoms with Crippen molar-refractivity contribution in [1.29, 1.82) is 0 Å². The lowest BCUT2D eigenvalue weighted by Gasteiger charge is -2.10. The second kappa shape index (κ2) is 8.33. The van der Waals surface area contributed by atoms with Crippen molar-refractivity contribution in [2.45, 2.75) is 38.5 Å². The molecule has 0 spiro atoms. The molecule has 1 heterocycles. The van der Waals surface area contributed by atoms with Crippen LogP contribution in [0.2, 0.25) is 0 Å². The maximum absolute atomic E-state index is 13.1. The van der Waals surface area contributed by atoms with Crippen LogP contribution in [0.25, 0.3) is 10.6 Å². The summed E-state index contributed by atoms with van der Waals surface area (Å²) in [7, 11) is 0. The highest BCUT2D eigenvalue weighted by molar-refractivity contribution is 7.15. The van der Waals surface area contributed by atoms with Gasteiger partial charge in [0.05, 0.1) is 18.7 Å². The zero-order valence-corrected chi connectivity index (χ0v) is 17.0. The average Bonchev–Trinajstić information content (AvgIpc) is 3.25. The van der Waals surface area contributed by atoms with E-state index in [1.54, 1.807) is 23.5 Å². The van der Waals surface area contributed by atoms with Crippen LogP contribution < -0.4 is 4.74 Å². The number of halogens is 1. The number of carboxylic acid groups (broad SMARTS) is 1. The minimum atomic E-state index is -0.748. The number of carbonyl (C=O) groups is 1. The third kappa shape index (κ3) is 4.48. The number of ether oxygens (including phenoxy) is 1. The quantitative estimate of drug-likeness (QED) is 0.567. The van der Waals surface area contributed by atoms with Gasteiger partial charge in [0.15, 0.2) is 0 Å². The first-order valence-corrected chi connectivity index (χ1v) is 10.5. The molecule has 29 heavy (non-hydrogen) atoms. The molecule has 4 nitrogen and oxygen atoms in total. The molecule has 1 aromatic heterocycles. The molecule has 0 unspecified atom stereocenters. The minimum absolute atomic E-state index is 0.110. The Kier molecular flexibility index (Phi) is 5.62. The summed E-state index contributed by atoms with van der Waals surface area (Å²) >= 11 is 1.60. The van der Waals surface area contributed by atoms with E-state index in [2.05, 4.69) is 0 Å². The molecule has 1 N–H and O–H groups in total. The summed E-state index contributed by atoms with van der Waals surface area (Å²) in [5.74, 6) is -0.0773. The molecule has 6 heteroatoms. The van der Waals surface area contributed by atoms with Crippen molar-refractivity contribution in [2.24, 2.45) is 0 Å². The van der Waals surface area contributed by atoms with Crippen molar-refractivity contribution in [2.75, 3.05) is 6.61 Å². The number of fused-ring (bicyclic) bond motifs is 1. The highest BCUT2D eigenvalue weighted by Crippen LogP contribution is 2.37. The summed E-state index contributed by atoms with van der Waals surface area (Å²) in [6, 6.07) is 12.4. The molecular formula is C23H22FNO3S. The fraction of sp³-hybridized carbons (Fsp3) is 0.304. The van der Waals surface area contributed by atoms with Crippen LogP contribution in [-0.2, 0) is 17.6 Å². The summed E-state index contributed by atoms with van der Waals surface area (Å²) in [4.78, 5) is 16.8. The van der Waals surface area contributed by atoms with Crippen molar-refractivity contribution >= 4 is 17.3 Å². The van der Waals surface area contributed by atoms with Crippen molar-refractivity contribution < 1.29 is 19.0 Å². The Morgan fingerprint density at radius 2 is 2.07 bits per heavy atom. The van der Waals surface area contributed by atoms with Crippen LogP contribution in [0.3, 0.4) is 0 Å². The molecule has 0 amide bonds. The van der Waals surface area contributed by atoms with Crippen molar-refractivity contribution in [3.8, 4) is 16.3 Å². The number of aryl methyl sites for hydroxylation is 2. The number of hydrogen-bond acceptors (Lipinski definition) is 4. The molecule has 0 fully saturated rings. The van der Waals surface area contributed by atoms with Gasteiger partial charge >= 0.3 is 5.97 Å². The number of benzene rings is 2. The predicted octanol–water partition coefficient (Wildman–Crippen LogP) is 5.38. The number of aliphatic carboxylic acids is 1. The van der Waals surface area contributed by atoms with Crippen LogP contribution in [0.4, 0.5) is 4.39 Å². The summed E-state index contributed by atoms with van der Waals surface area (Å²) in [5, 5.41) is 9.93. The average molecular weight is 411 g/mol. The van der Waals surface area contributed by atoms with Gasteiger partial charge < -0.3 is 9.84 Å². The minimum Gasteiger partial charge on any atom is -0.493 e. The normalized spacial score (nSPS) is 15.3. The van der Waals surface area contributed by atoms with Gasteiger partial charge in [-0.05, 0) is 73.2 Å². The molecule has 1 aliphatic carbocycles. The molecular weight excluding hydrogens is 389 g/mol. The highest BCUT2D eigenvalue weighted by Gasteiger charge is 2.24. The zero-order chi connectivity index (χ0) is 20.4. The van der Waals surface area contributed by atoms with E-state index in [0.29, 0.717) is 13.0 Å². The summed E-state index contributed by atoms with van der Waals surface area (Å²) < 4.78 is 19.1. The summed E-state index contributed by atoms with van der Waals surface area (Å²) in [6.07, 6.45) is 2.67. The molecule has 0 aliphatic heterocycles. The van der Waals surface area contributed by atoms with Crippen LogP contribution >= 0.6 is 11.3 Å². The molecule has 0 saturated carbocycles. The number of aromatic nitrogens is 1.